The summed E-state index contributed by atoms with van der Waals surface area (Å²) in [7, 11) is 0. The van der Waals surface area contributed by atoms with E-state index in [1.807, 2.05) is 6.92 Å². The quantitative estimate of drug-likeness (QED) is 0.609. The van der Waals surface area contributed by atoms with Gasteiger partial charge in [-0.2, -0.15) is 10.2 Å². The van der Waals surface area contributed by atoms with E-state index in [0.717, 1.165) is 0 Å². The average Bonchev–Trinajstić information content (AvgIpc) is 3.10. The van der Waals surface area contributed by atoms with Crippen molar-refractivity contribution in [2.75, 3.05) is 11.9 Å². The van der Waals surface area contributed by atoms with Crippen molar-refractivity contribution in [2.45, 2.75) is 33.5 Å². The summed E-state index contributed by atoms with van der Waals surface area (Å²) >= 11 is 0. The molecule has 10 heteroatoms. The number of nitrogens with zero attached hydrogens (tertiary/aromatic N) is 5. The molecule has 10 nitrogen and oxygen atoms in total. The molecule has 2 heterocycles. The van der Waals surface area contributed by atoms with Crippen LogP contribution < -0.4 is 5.32 Å². The highest BCUT2D eigenvalue weighted by Crippen LogP contribution is 2.19. The number of aryl methyl sites for hydroxylation is 1. The number of carbonyl (C=O) groups excluding carboxylic acids is 1. The molecule has 1 amide bonds. The lowest BCUT2D eigenvalue weighted by Gasteiger charge is -2.11. The largest absolute Gasteiger partial charge is 0.360 e. The zero-order valence-electron chi connectivity index (χ0n) is 13.1. The molecule has 0 bridgehead atoms. The van der Waals surface area contributed by atoms with Gasteiger partial charge in [0.15, 0.2) is 0 Å². The number of nitrogens with one attached hydrogen (secondary N) is 1. The number of ether oxygens (including phenoxy) is 1. The fourth-order valence-corrected chi connectivity index (χ4v) is 1.90. The highest BCUT2D eigenvalue weighted by atomic mass is 16.6. The molecule has 0 saturated carbocycles. The zero-order valence-corrected chi connectivity index (χ0v) is 13.1. The van der Waals surface area contributed by atoms with Crippen LogP contribution in [-0.4, -0.2) is 37.0 Å². The van der Waals surface area contributed by atoms with Crippen molar-refractivity contribution < 1.29 is 14.5 Å². The van der Waals surface area contributed by atoms with Gasteiger partial charge >= 0.3 is 5.69 Å². The van der Waals surface area contributed by atoms with Gasteiger partial charge in [0.1, 0.15) is 24.7 Å². The Morgan fingerprint density at radius 2 is 2.26 bits per heavy atom. The van der Waals surface area contributed by atoms with E-state index in [1.54, 1.807) is 17.8 Å². The van der Waals surface area contributed by atoms with Crippen LogP contribution in [0.5, 0.6) is 0 Å². The molecule has 0 aliphatic carbocycles. The molecule has 2 rings (SSSR count). The minimum absolute atomic E-state index is 0.116. The SMILES string of the molecule is CCOCn1cc(NC(=O)C(C)n2cc([N+](=O)[O-])c(C)n2)cn1. The van der Waals surface area contributed by atoms with Gasteiger partial charge in [0.25, 0.3) is 0 Å². The molecule has 2 aromatic rings. The summed E-state index contributed by atoms with van der Waals surface area (Å²) in [6, 6.07) is -0.697. The maximum Gasteiger partial charge on any atom is 0.309 e. The van der Waals surface area contributed by atoms with Crippen molar-refractivity contribution >= 4 is 17.3 Å². The van der Waals surface area contributed by atoms with Crippen LogP contribution in [0.3, 0.4) is 0 Å². The van der Waals surface area contributed by atoms with Gasteiger partial charge in [0, 0.05) is 6.61 Å². The topological polar surface area (TPSA) is 117 Å². The normalized spacial score (nSPS) is 12.1. The summed E-state index contributed by atoms with van der Waals surface area (Å²) < 4.78 is 8.02. The minimum Gasteiger partial charge on any atom is -0.360 e. The van der Waals surface area contributed by atoms with Gasteiger partial charge in [-0.05, 0) is 20.8 Å². The predicted octanol–water partition coefficient (Wildman–Crippen LogP) is 1.49. The number of carbonyl (C=O) groups is 1. The highest BCUT2D eigenvalue weighted by Gasteiger charge is 2.22. The van der Waals surface area contributed by atoms with Crippen LogP contribution in [0.15, 0.2) is 18.6 Å². The number of aromatic nitrogens is 4. The second kappa shape index (κ2) is 7.01. The van der Waals surface area contributed by atoms with Crippen molar-refractivity contribution in [3.8, 4) is 0 Å². The Hall–Kier alpha value is -2.75. The lowest BCUT2D eigenvalue weighted by Crippen LogP contribution is -2.24. The second-order valence-corrected chi connectivity index (χ2v) is 4.89. The van der Waals surface area contributed by atoms with Crippen LogP contribution in [0.1, 0.15) is 25.6 Å². The van der Waals surface area contributed by atoms with Gasteiger partial charge in [-0.15, -0.1) is 0 Å². The summed E-state index contributed by atoms with van der Waals surface area (Å²) in [4.78, 5) is 22.5. The Morgan fingerprint density at radius 1 is 1.52 bits per heavy atom. The van der Waals surface area contributed by atoms with E-state index < -0.39 is 11.0 Å². The molecule has 0 fully saturated rings. The molecule has 0 saturated heterocycles. The van der Waals surface area contributed by atoms with Gasteiger partial charge in [-0.1, -0.05) is 0 Å². The zero-order chi connectivity index (χ0) is 17.0. The maximum absolute atomic E-state index is 12.2. The third-order valence-electron chi connectivity index (χ3n) is 3.19. The van der Waals surface area contributed by atoms with Crippen LogP contribution in [0.25, 0.3) is 0 Å². The first kappa shape index (κ1) is 16.6. The number of hydrogen-bond donors (Lipinski definition) is 1. The lowest BCUT2D eigenvalue weighted by atomic mass is 10.3. The van der Waals surface area contributed by atoms with Crippen molar-refractivity contribution in [3.63, 3.8) is 0 Å². The monoisotopic (exact) mass is 322 g/mol. The molecule has 0 aliphatic heterocycles. The first-order valence-electron chi connectivity index (χ1n) is 7.03. The standard InChI is InChI=1S/C13H18N6O4/c1-4-23-8-17-6-11(5-14-17)15-13(20)10(3)18-7-12(19(21)22)9(2)16-18/h5-7,10H,4,8H2,1-3H3,(H,15,20). The summed E-state index contributed by atoms with van der Waals surface area (Å²) in [6.45, 7) is 5.87. The maximum atomic E-state index is 12.2. The molecular weight excluding hydrogens is 304 g/mol. The molecule has 1 atom stereocenters. The lowest BCUT2D eigenvalue weighted by molar-refractivity contribution is -0.385. The van der Waals surface area contributed by atoms with Crippen LogP contribution in [0, 0.1) is 17.0 Å². The summed E-state index contributed by atoms with van der Waals surface area (Å²) in [6.07, 6.45) is 4.38. The van der Waals surface area contributed by atoms with Gasteiger partial charge in [-0.25, -0.2) is 4.68 Å². The van der Waals surface area contributed by atoms with Crippen LogP contribution in [0.4, 0.5) is 11.4 Å². The number of anilines is 1. The van der Waals surface area contributed by atoms with Crippen molar-refractivity contribution in [3.05, 3.63) is 34.4 Å². The molecule has 2 aromatic heterocycles. The molecule has 124 valence electrons. The Kier molecular flexibility index (Phi) is 5.06. The van der Waals surface area contributed by atoms with E-state index in [9.17, 15) is 14.9 Å². The van der Waals surface area contributed by atoms with Gasteiger partial charge in [0.2, 0.25) is 5.91 Å². The summed E-state index contributed by atoms with van der Waals surface area (Å²) in [5, 5.41) is 21.6. The van der Waals surface area contributed by atoms with Crippen LogP contribution >= 0.6 is 0 Å². The summed E-state index contributed by atoms with van der Waals surface area (Å²) in [5.74, 6) is -0.349. The molecule has 23 heavy (non-hydrogen) atoms. The van der Waals surface area contributed by atoms with Crippen LogP contribution in [-0.2, 0) is 16.3 Å². The number of rotatable bonds is 7. The number of nitro groups is 1. The molecular formula is C13H18N6O4. The fourth-order valence-electron chi connectivity index (χ4n) is 1.90. The van der Waals surface area contributed by atoms with E-state index in [0.29, 0.717) is 19.0 Å². The van der Waals surface area contributed by atoms with Crippen molar-refractivity contribution in [2.24, 2.45) is 0 Å². The van der Waals surface area contributed by atoms with Crippen LogP contribution in [0.2, 0.25) is 0 Å². The first-order chi connectivity index (χ1) is 10.9. The van der Waals surface area contributed by atoms with E-state index in [1.165, 1.54) is 24.0 Å². The number of amides is 1. The molecule has 0 radical (unpaired) electrons. The van der Waals surface area contributed by atoms with Crippen molar-refractivity contribution in [1.29, 1.82) is 0 Å². The first-order valence-corrected chi connectivity index (χ1v) is 7.03. The molecule has 0 aliphatic rings. The Balaban J connectivity index is 2.03. The minimum atomic E-state index is -0.697. The third kappa shape index (κ3) is 3.92. The Bertz CT molecular complexity index is 707. The van der Waals surface area contributed by atoms with Gasteiger partial charge in [-0.3, -0.25) is 19.6 Å². The molecule has 0 spiro atoms. The highest BCUT2D eigenvalue weighted by molar-refractivity contribution is 5.93. The molecule has 1 unspecified atom stereocenters. The molecule has 1 N–H and O–H groups in total. The predicted molar refractivity (Wildman–Crippen MR) is 80.8 cm³/mol. The Labute approximate surface area is 132 Å². The summed E-state index contributed by atoms with van der Waals surface area (Å²) in [5.41, 5.74) is 0.660. The Morgan fingerprint density at radius 3 is 2.87 bits per heavy atom. The fraction of sp³-hybridized carbons (Fsp3) is 0.462. The van der Waals surface area contributed by atoms with E-state index in [2.05, 4.69) is 15.5 Å². The smallest absolute Gasteiger partial charge is 0.309 e. The van der Waals surface area contributed by atoms with E-state index >= 15 is 0 Å². The average molecular weight is 322 g/mol. The third-order valence-corrected chi connectivity index (χ3v) is 3.19. The molecule has 0 aromatic carbocycles. The van der Waals surface area contributed by atoms with Gasteiger partial charge < -0.3 is 10.1 Å². The van der Waals surface area contributed by atoms with E-state index in [4.69, 9.17) is 4.74 Å². The van der Waals surface area contributed by atoms with E-state index in [-0.39, 0.29) is 17.3 Å². The van der Waals surface area contributed by atoms with Gasteiger partial charge in [0.05, 0.1) is 23.0 Å². The second-order valence-electron chi connectivity index (χ2n) is 4.89. The number of hydrogen-bond acceptors (Lipinski definition) is 6. The van der Waals surface area contributed by atoms with Crippen molar-refractivity contribution in [1.82, 2.24) is 19.6 Å².